The number of rotatable bonds is 5. The van der Waals surface area contributed by atoms with Gasteiger partial charge in [-0.05, 0) is 30.9 Å². The Kier molecular flexibility index (Phi) is 5.91. The van der Waals surface area contributed by atoms with Crippen molar-refractivity contribution in [3.8, 4) is 5.75 Å². The van der Waals surface area contributed by atoms with E-state index in [9.17, 15) is 19.5 Å². The maximum Gasteiger partial charge on any atom is 0.290 e. The lowest BCUT2D eigenvalue weighted by Crippen LogP contribution is -2.39. The van der Waals surface area contributed by atoms with Gasteiger partial charge in [-0.1, -0.05) is 19.4 Å². The molecule has 1 aliphatic rings. The van der Waals surface area contributed by atoms with Crippen molar-refractivity contribution in [3.63, 3.8) is 0 Å². The fourth-order valence-electron chi connectivity index (χ4n) is 3.80. The van der Waals surface area contributed by atoms with Crippen LogP contribution >= 0.6 is 0 Å². The van der Waals surface area contributed by atoms with Gasteiger partial charge < -0.3 is 20.6 Å². The first-order valence-corrected chi connectivity index (χ1v) is 10.0. The molecule has 1 aromatic carbocycles. The fraction of sp³-hybridized carbons (Fsp3) is 0.476. The van der Waals surface area contributed by atoms with Crippen LogP contribution in [0.5, 0.6) is 5.75 Å². The number of carbonyl (C=O) groups is 1. The van der Waals surface area contributed by atoms with Crippen molar-refractivity contribution in [1.29, 1.82) is 0 Å². The molecule has 9 heteroatoms. The van der Waals surface area contributed by atoms with Crippen LogP contribution in [0.3, 0.4) is 0 Å². The monoisotopic (exact) mass is 415 g/mol. The number of benzene rings is 1. The van der Waals surface area contributed by atoms with E-state index in [1.807, 2.05) is 0 Å². The zero-order chi connectivity index (χ0) is 22.2. The van der Waals surface area contributed by atoms with Crippen molar-refractivity contribution in [2.24, 2.45) is 20.0 Å². The van der Waals surface area contributed by atoms with Gasteiger partial charge in [-0.15, -0.1) is 0 Å². The van der Waals surface area contributed by atoms with Crippen molar-refractivity contribution in [1.82, 2.24) is 14.3 Å². The number of nitrogens with one attached hydrogen (secondary N) is 2. The van der Waals surface area contributed by atoms with Crippen molar-refractivity contribution in [2.75, 3.05) is 24.7 Å². The standard InChI is InChI=1S/C21H29N5O4/c1-12-8-6-10-14(12)22-16-17(21(30)26(5)25(4)20(16)29)23-15-11-7-9-13(18(15)27)19(28)24(2)3/h7,9,11-12,14,22-23,27H,6,8,10H2,1-5H3/t12-,14-/m0/s1. The number of hydrogen-bond acceptors (Lipinski definition) is 6. The summed E-state index contributed by atoms with van der Waals surface area (Å²) in [5.74, 6) is -0.272. The van der Waals surface area contributed by atoms with Crippen molar-refractivity contribution in [2.45, 2.75) is 32.2 Å². The van der Waals surface area contributed by atoms with Crippen molar-refractivity contribution in [3.05, 3.63) is 44.5 Å². The van der Waals surface area contributed by atoms with Crippen LogP contribution in [0, 0.1) is 5.92 Å². The molecule has 30 heavy (non-hydrogen) atoms. The molecule has 2 aromatic rings. The fourth-order valence-corrected chi connectivity index (χ4v) is 3.80. The minimum atomic E-state index is -0.422. The summed E-state index contributed by atoms with van der Waals surface area (Å²) in [7, 11) is 6.21. The molecule has 3 N–H and O–H groups in total. The summed E-state index contributed by atoms with van der Waals surface area (Å²) in [5.41, 5.74) is -0.277. The Morgan fingerprint density at radius 1 is 1.10 bits per heavy atom. The molecule has 1 saturated carbocycles. The van der Waals surface area contributed by atoms with Crippen LogP contribution in [-0.2, 0) is 14.1 Å². The first-order chi connectivity index (χ1) is 14.1. The molecule has 1 aromatic heterocycles. The third-order valence-corrected chi connectivity index (χ3v) is 5.84. The number of aromatic hydroxyl groups is 1. The average molecular weight is 415 g/mol. The SMILES string of the molecule is C[C@H]1CCC[C@@H]1Nc1c(Nc2cccc(C(=O)N(C)C)c2O)c(=O)n(C)n(C)c1=O. The van der Waals surface area contributed by atoms with Gasteiger partial charge in [0, 0.05) is 34.2 Å². The zero-order valence-corrected chi connectivity index (χ0v) is 18.0. The summed E-state index contributed by atoms with van der Waals surface area (Å²) in [5, 5.41) is 16.8. The van der Waals surface area contributed by atoms with Crippen LogP contribution in [0.25, 0.3) is 0 Å². The summed E-state index contributed by atoms with van der Waals surface area (Å²) in [6, 6.07) is 4.75. The molecule has 0 aliphatic heterocycles. The van der Waals surface area contributed by atoms with E-state index in [1.165, 1.54) is 34.4 Å². The topological polar surface area (TPSA) is 109 Å². The second kappa shape index (κ2) is 8.25. The smallest absolute Gasteiger partial charge is 0.290 e. The molecule has 162 valence electrons. The van der Waals surface area contributed by atoms with E-state index in [0.717, 1.165) is 19.3 Å². The van der Waals surface area contributed by atoms with E-state index in [2.05, 4.69) is 17.6 Å². The van der Waals surface area contributed by atoms with Gasteiger partial charge >= 0.3 is 0 Å². The van der Waals surface area contributed by atoms with E-state index in [4.69, 9.17) is 0 Å². The Balaban J connectivity index is 2.10. The maximum atomic E-state index is 13.0. The molecule has 2 atom stereocenters. The van der Waals surface area contributed by atoms with Crippen LogP contribution in [0.1, 0.15) is 36.5 Å². The van der Waals surface area contributed by atoms with Gasteiger partial charge in [-0.3, -0.25) is 14.4 Å². The highest BCUT2D eigenvalue weighted by molar-refractivity contribution is 5.98. The largest absolute Gasteiger partial charge is 0.505 e. The summed E-state index contributed by atoms with van der Waals surface area (Å²) in [4.78, 5) is 39.7. The number of phenols is 1. The Morgan fingerprint density at radius 3 is 2.30 bits per heavy atom. The lowest BCUT2D eigenvalue weighted by molar-refractivity contribution is 0.0824. The predicted octanol–water partition coefficient (Wildman–Crippen LogP) is 1.84. The van der Waals surface area contributed by atoms with Crippen molar-refractivity contribution >= 4 is 23.0 Å². The quantitative estimate of drug-likeness (QED) is 0.643. The van der Waals surface area contributed by atoms with Gasteiger partial charge in [-0.25, -0.2) is 9.36 Å². The molecule has 3 rings (SSSR count). The Labute approximate surface area is 174 Å². The number of phenolic OH excluding ortho intramolecular Hbond substituents is 1. The highest BCUT2D eigenvalue weighted by atomic mass is 16.3. The van der Waals surface area contributed by atoms with Gasteiger partial charge in [0.05, 0.1) is 11.3 Å². The lowest BCUT2D eigenvalue weighted by Gasteiger charge is -2.22. The molecular weight excluding hydrogens is 386 g/mol. The summed E-state index contributed by atoms with van der Waals surface area (Å²) >= 11 is 0. The van der Waals surface area contributed by atoms with E-state index >= 15 is 0 Å². The summed E-state index contributed by atoms with van der Waals surface area (Å²) in [6.45, 7) is 2.12. The molecular formula is C21H29N5O4. The number of nitrogens with zero attached hydrogens (tertiary/aromatic N) is 3. The van der Waals surface area contributed by atoms with Gasteiger partial charge in [0.1, 0.15) is 11.4 Å². The molecule has 0 unspecified atom stereocenters. The maximum absolute atomic E-state index is 13.0. The first-order valence-electron chi connectivity index (χ1n) is 10.0. The first kappa shape index (κ1) is 21.5. The van der Waals surface area contributed by atoms with E-state index in [0.29, 0.717) is 5.92 Å². The lowest BCUT2D eigenvalue weighted by atomic mass is 10.1. The minimum Gasteiger partial charge on any atom is -0.505 e. The molecule has 1 aliphatic carbocycles. The van der Waals surface area contributed by atoms with Gasteiger partial charge in [0.2, 0.25) is 0 Å². The number of amides is 1. The van der Waals surface area contributed by atoms with Gasteiger partial charge in [-0.2, -0.15) is 0 Å². The zero-order valence-electron chi connectivity index (χ0n) is 18.0. The van der Waals surface area contributed by atoms with E-state index in [-0.39, 0.29) is 45.9 Å². The van der Waals surface area contributed by atoms with Crippen LogP contribution in [0.2, 0.25) is 0 Å². The Bertz CT molecular complexity index is 1090. The number of para-hydroxylation sites is 1. The highest BCUT2D eigenvalue weighted by Gasteiger charge is 2.27. The van der Waals surface area contributed by atoms with Crippen LogP contribution < -0.4 is 21.8 Å². The van der Waals surface area contributed by atoms with Crippen molar-refractivity contribution < 1.29 is 9.90 Å². The Morgan fingerprint density at radius 2 is 1.73 bits per heavy atom. The second-order valence-electron chi connectivity index (χ2n) is 8.09. The normalized spacial score (nSPS) is 18.3. The summed E-state index contributed by atoms with van der Waals surface area (Å²) in [6.07, 6.45) is 3.03. The number of hydrogen-bond donors (Lipinski definition) is 3. The molecule has 0 radical (unpaired) electrons. The van der Waals surface area contributed by atoms with E-state index < -0.39 is 5.56 Å². The number of carbonyl (C=O) groups excluding carboxylic acids is 1. The molecule has 0 bridgehead atoms. The molecule has 0 spiro atoms. The molecule has 1 fully saturated rings. The Hall–Kier alpha value is -3.23. The van der Waals surface area contributed by atoms with Crippen LogP contribution in [-0.4, -0.2) is 45.4 Å². The van der Waals surface area contributed by atoms with Crippen LogP contribution in [0.4, 0.5) is 17.1 Å². The summed E-state index contributed by atoms with van der Waals surface area (Å²) < 4.78 is 2.46. The number of anilines is 3. The van der Waals surface area contributed by atoms with Gasteiger partial charge in [0.25, 0.3) is 17.0 Å². The number of aromatic nitrogens is 2. The van der Waals surface area contributed by atoms with Gasteiger partial charge in [0.15, 0.2) is 5.75 Å². The second-order valence-corrected chi connectivity index (χ2v) is 8.09. The molecule has 9 nitrogen and oxygen atoms in total. The molecule has 0 saturated heterocycles. The third kappa shape index (κ3) is 3.79. The van der Waals surface area contributed by atoms with Crippen LogP contribution in [0.15, 0.2) is 27.8 Å². The average Bonchev–Trinajstić information content (AvgIpc) is 3.12. The van der Waals surface area contributed by atoms with E-state index in [1.54, 1.807) is 26.2 Å². The third-order valence-electron chi connectivity index (χ3n) is 5.84. The molecule has 1 amide bonds. The highest BCUT2D eigenvalue weighted by Crippen LogP contribution is 2.33. The predicted molar refractivity (Wildman–Crippen MR) is 117 cm³/mol. The minimum absolute atomic E-state index is 0.0458. The molecule has 1 heterocycles.